The molecule has 0 aromatic heterocycles. The van der Waals surface area contributed by atoms with E-state index in [4.69, 9.17) is 0 Å². The Morgan fingerprint density at radius 1 is 1.17 bits per heavy atom. The molecule has 0 spiro atoms. The predicted octanol–water partition coefficient (Wildman–Crippen LogP) is 3.01. The number of fused-ring (bicyclic) bond motifs is 3. The molecule has 0 atom stereocenters. The first-order valence-corrected chi connectivity index (χ1v) is 6.12. The maximum absolute atomic E-state index is 9.18. The van der Waals surface area contributed by atoms with Gasteiger partial charge in [-0.2, -0.15) is 0 Å². The van der Waals surface area contributed by atoms with Crippen molar-refractivity contribution < 1.29 is 5.21 Å². The van der Waals surface area contributed by atoms with E-state index in [-0.39, 0.29) is 12.4 Å². The molecule has 1 N–H and O–H groups in total. The van der Waals surface area contributed by atoms with Crippen LogP contribution in [0, 0.1) is 5.92 Å². The monoisotopic (exact) mass is 264 g/mol. The largest absolute Gasteiger partial charge is 0.411 e. The molecule has 0 saturated carbocycles. The molecule has 0 unspecified atom stereocenters. The van der Waals surface area contributed by atoms with E-state index in [0.29, 0.717) is 5.92 Å². The lowest BCUT2D eigenvalue weighted by Crippen LogP contribution is -2.46. The average molecular weight is 265 g/mol. The standard InChI is InChI=1S/C14H16N2O.ClH/c17-15-14-12-6-8-16(9-7-12)13(14)10-11-4-2-1-3-5-11;/h1-5,10,12,17H,6-9H2;1H/b13-10-,15-14-;. The van der Waals surface area contributed by atoms with E-state index < -0.39 is 0 Å². The minimum Gasteiger partial charge on any atom is -0.411 e. The van der Waals surface area contributed by atoms with Gasteiger partial charge in [-0.25, -0.2) is 0 Å². The molecule has 2 bridgehead atoms. The van der Waals surface area contributed by atoms with Crippen molar-refractivity contribution in [3.63, 3.8) is 0 Å². The molecule has 0 radical (unpaired) electrons. The number of rotatable bonds is 1. The van der Waals surface area contributed by atoms with Crippen molar-refractivity contribution in [1.82, 2.24) is 4.90 Å². The summed E-state index contributed by atoms with van der Waals surface area (Å²) < 4.78 is 0. The van der Waals surface area contributed by atoms with E-state index >= 15 is 0 Å². The lowest BCUT2D eigenvalue weighted by atomic mass is 9.83. The Morgan fingerprint density at radius 2 is 1.83 bits per heavy atom. The number of hydrogen-bond acceptors (Lipinski definition) is 3. The van der Waals surface area contributed by atoms with E-state index in [2.05, 4.69) is 28.3 Å². The van der Waals surface area contributed by atoms with Crippen LogP contribution < -0.4 is 0 Å². The Kier molecular flexibility index (Phi) is 3.92. The van der Waals surface area contributed by atoms with Gasteiger partial charge in [0.1, 0.15) is 5.71 Å². The summed E-state index contributed by atoms with van der Waals surface area (Å²) >= 11 is 0. The first-order valence-electron chi connectivity index (χ1n) is 6.12. The number of oxime groups is 1. The zero-order valence-electron chi connectivity index (χ0n) is 10.1. The fourth-order valence-electron chi connectivity index (χ4n) is 2.77. The highest BCUT2D eigenvalue weighted by molar-refractivity contribution is 6.05. The minimum atomic E-state index is 0. The number of benzene rings is 1. The van der Waals surface area contributed by atoms with Gasteiger partial charge in [-0.15, -0.1) is 12.4 Å². The summed E-state index contributed by atoms with van der Waals surface area (Å²) in [5.41, 5.74) is 3.13. The first kappa shape index (κ1) is 13.0. The maximum Gasteiger partial charge on any atom is 0.106 e. The molecule has 3 fully saturated rings. The van der Waals surface area contributed by atoms with Crippen molar-refractivity contribution in [2.45, 2.75) is 12.8 Å². The number of piperidine rings is 3. The highest BCUT2D eigenvalue weighted by Crippen LogP contribution is 2.33. The van der Waals surface area contributed by atoms with Crippen molar-refractivity contribution in [2.75, 3.05) is 13.1 Å². The van der Waals surface area contributed by atoms with Crippen LogP contribution in [0.15, 0.2) is 41.2 Å². The molecular formula is C14H17ClN2O. The van der Waals surface area contributed by atoms with Crippen LogP contribution in [0.3, 0.4) is 0 Å². The van der Waals surface area contributed by atoms with Crippen LogP contribution in [-0.4, -0.2) is 28.9 Å². The number of nitrogens with zero attached hydrogens (tertiary/aromatic N) is 2. The SMILES string of the molecule is Cl.O/N=C1\C(=C\c2ccccc2)N2CCC1CC2. The summed E-state index contributed by atoms with van der Waals surface area (Å²) in [6.07, 6.45) is 4.36. The summed E-state index contributed by atoms with van der Waals surface area (Å²) in [6, 6.07) is 10.2. The molecule has 0 amide bonds. The Balaban J connectivity index is 0.00000120. The molecule has 3 nitrogen and oxygen atoms in total. The fourth-order valence-corrected chi connectivity index (χ4v) is 2.77. The van der Waals surface area contributed by atoms with Gasteiger partial charge < -0.3 is 10.1 Å². The summed E-state index contributed by atoms with van der Waals surface area (Å²) in [5.74, 6) is 0.444. The molecule has 4 heteroatoms. The summed E-state index contributed by atoms with van der Waals surface area (Å²) in [6.45, 7) is 2.17. The molecular weight excluding hydrogens is 248 g/mol. The normalized spacial score (nSPS) is 23.4. The van der Waals surface area contributed by atoms with Gasteiger partial charge in [0.15, 0.2) is 0 Å². The van der Waals surface area contributed by atoms with Gasteiger partial charge in [0.2, 0.25) is 0 Å². The zero-order chi connectivity index (χ0) is 11.7. The van der Waals surface area contributed by atoms with Crippen LogP contribution in [0.4, 0.5) is 0 Å². The van der Waals surface area contributed by atoms with Crippen molar-refractivity contribution in [3.8, 4) is 0 Å². The van der Waals surface area contributed by atoms with Crippen LogP contribution in [0.25, 0.3) is 6.08 Å². The molecule has 3 aliphatic rings. The lowest BCUT2D eigenvalue weighted by Gasteiger charge is -2.42. The second kappa shape index (κ2) is 5.44. The van der Waals surface area contributed by atoms with Gasteiger partial charge in [0.25, 0.3) is 0 Å². The third-order valence-corrected chi connectivity index (χ3v) is 3.70. The number of halogens is 1. The number of allylic oxidation sites excluding steroid dienone is 1. The Hall–Kier alpha value is -1.48. The van der Waals surface area contributed by atoms with Crippen LogP contribution in [0.1, 0.15) is 18.4 Å². The van der Waals surface area contributed by atoms with Crippen molar-refractivity contribution in [1.29, 1.82) is 0 Å². The Bertz CT molecular complexity index is 462. The molecule has 4 rings (SSSR count). The smallest absolute Gasteiger partial charge is 0.106 e. The first-order chi connectivity index (χ1) is 8.38. The van der Waals surface area contributed by atoms with Gasteiger partial charge >= 0.3 is 0 Å². The molecule has 1 aromatic carbocycles. The van der Waals surface area contributed by atoms with Gasteiger partial charge in [-0.05, 0) is 24.5 Å². The average Bonchev–Trinajstić information content (AvgIpc) is 2.41. The van der Waals surface area contributed by atoms with Crippen molar-refractivity contribution >= 4 is 24.2 Å². The molecule has 3 saturated heterocycles. The second-order valence-corrected chi connectivity index (χ2v) is 4.69. The maximum atomic E-state index is 9.18. The number of hydrogen-bond donors (Lipinski definition) is 1. The highest BCUT2D eigenvalue weighted by Gasteiger charge is 2.35. The topological polar surface area (TPSA) is 35.8 Å². The van der Waals surface area contributed by atoms with E-state index in [1.165, 1.54) is 0 Å². The van der Waals surface area contributed by atoms with Gasteiger partial charge in [0.05, 0.1) is 5.70 Å². The highest BCUT2D eigenvalue weighted by atomic mass is 35.5. The van der Waals surface area contributed by atoms with Crippen LogP contribution >= 0.6 is 12.4 Å². The minimum absolute atomic E-state index is 0. The van der Waals surface area contributed by atoms with E-state index in [9.17, 15) is 5.21 Å². The fraction of sp³-hybridized carbons (Fsp3) is 0.357. The van der Waals surface area contributed by atoms with Crippen LogP contribution in [0.5, 0.6) is 0 Å². The van der Waals surface area contributed by atoms with Crippen molar-refractivity contribution in [3.05, 3.63) is 41.6 Å². The van der Waals surface area contributed by atoms with E-state index in [1.807, 2.05) is 18.2 Å². The second-order valence-electron chi connectivity index (χ2n) is 4.69. The molecule has 0 aliphatic carbocycles. The van der Waals surface area contributed by atoms with Crippen LogP contribution in [-0.2, 0) is 0 Å². The molecule has 1 aromatic rings. The molecule has 18 heavy (non-hydrogen) atoms. The summed E-state index contributed by atoms with van der Waals surface area (Å²) in [4.78, 5) is 2.32. The van der Waals surface area contributed by atoms with E-state index in [0.717, 1.165) is 42.9 Å². The predicted molar refractivity (Wildman–Crippen MR) is 75.2 cm³/mol. The van der Waals surface area contributed by atoms with Gasteiger partial charge in [-0.3, -0.25) is 0 Å². The lowest BCUT2D eigenvalue weighted by molar-refractivity contribution is 0.229. The zero-order valence-corrected chi connectivity index (χ0v) is 10.9. The van der Waals surface area contributed by atoms with Gasteiger partial charge in [-0.1, -0.05) is 35.5 Å². The quantitative estimate of drug-likeness (QED) is 0.625. The molecule has 3 aliphatic heterocycles. The summed E-state index contributed by atoms with van der Waals surface area (Å²) in [7, 11) is 0. The molecule has 96 valence electrons. The Labute approximate surface area is 113 Å². The van der Waals surface area contributed by atoms with Crippen molar-refractivity contribution in [2.24, 2.45) is 11.1 Å². The third-order valence-electron chi connectivity index (χ3n) is 3.70. The van der Waals surface area contributed by atoms with E-state index in [1.54, 1.807) is 0 Å². The van der Waals surface area contributed by atoms with Crippen LogP contribution in [0.2, 0.25) is 0 Å². The summed E-state index contributed by atoms with van der Waals surface area (Å²) in [5, 5.41) is 12.7. The third kappa shape index (κ3) is 2.23. The Morgan fingerprint density at radius 3 is 2.44 bits per heavy atom. The molecule has 3 heterocycles. The van der Waals surface area contributed by atoms with Gasteiger partial charge in [0, 0.05) is 19.0 Å².